The second kappa shape index (κ2) is 7.17. The fraction of sp³-hybridized carbons (Fsp3) is 0.867. The molecular formula is C15H26N2O5S. The number of hydrogen-bond donors (Lipinski definition) is 2. The Morgan fingerprint density at radius 2 is 1.87 bits per heavy atom. The van der Waals surface area contributed by atoms with Crippen molar-refractivity contribution in [1.29, 1.82) is 0 Å². The highest BCUT2D eigenvalue weighted by molar-refractivity contribution is 7.89. The minimum absolute atomic E-state index is 0.0143. The summed E-state index contributed by atoms with van der Waals surface area (Å²) in [5.74, 6) is -1.77. The molecule has 1 aliphatic heterocycles. The Bertz CT molecular complexity index is 554. The molecule has 1 saturated carbocycles. The molecule has 8 heteroatoms. The quantitative estimate of drug-likeness (QED) is 0.771. The zero-order chi connectivity index (χ0) is 17.1. The Morgan fingerprint density at radius 1 is 1.22 bits per heavy atom. The van der Waals surface area contributed by atoms with Crippen molar-refractivity contribution in [2.24, 2.45) is 5.92 Å². The van der Waals surface area contributed by atoms with Gasteiger partial charge < -0.3 is 10.4 Å². The summed E-state index contributed by atoms with van der Waals surface area (Å²) in [6.45, 7) is 2.17. The van der Waals surface area contributed by atoms with E-state index in [4.69, 9.17) is 0 Å². The van der Waals surface area contributed by atoms with E-state index in [0.29, 0.717) is 32.2 Å². The molecule has 0 aromatic carbocycles. The number of carbonyl (C=O) groups excluding carboxylic acids is 1. The Hall–Kier alpha value is -1.15. The van der Waals surface area contributed by atoms with Crippen molar-refractivity contribution in [2.45, 2.75) is 57.4 Å². The first-order chi connectivity index (χ1) is 10.8. The Morgan fingerprint density at radius 3 is 2.43 bits per heavy atom. The minimum Gasteiger partial charge on any atom is -0.480 e. The number of carboxylic acid groups (broad SMARTS) is 1. The van der Waals surface area contributed by atoms with Crippen LogP contribution in [-0.2, 0) is 19.6 Å². The van der Waals surface area contributed by atoms with Gasteiger partial charge >= 0.3 is 5.97 Å². The smallest absolute Gasteiger partial charge is 0.329 e. The zero-order valence-corrected chi connectivity index (χ0v) is 14.4. The monoisotopic (exact) mass is 346 g/mol. The summed E-state index contributed by atoms with van der Waals surface area (Å²) in [7, 11) is -3.32. The Labute approximate surface area is 137 Å². The number of nitrogens with one attached hydrogen (secondary N) is 1. The number of hydrogen-bond acceptors (Lipinski definition) is 4. The van der Waals surface area contributed by atoms with Crippen molar-refractivity contribution in [3.8, 4) is 0 Å². The van der Waals surface area contributed by atoms with Crippen LogP contribution in [0.25, 0.3) is 0 Å². The van der Waals surface area contributed by atoms with E-state index in [2.05, 4.69) is 5.32 Å². The van der Waals surface area contributed by atoms with E-state index in [-0.39, 0.29) is 18.2 Å². The van der Waals surface area contributed by atoms with E-state index >= 15 is 0 Å². The lowest BCUT2D eigenvalue weighted by molar-refractivity contribution is -0.150. The van der Waals surface area contributed by atoms with E-state index in [1.165, 1.54) is 4.31 Å². The summed E-state index contributed by atoms with van der Waals surface area (Å²) in [6.07, 6.45) is 4.65. The van der Waals surface area contributed by atoms with E-state index < -0.39 is 27.4 Å². The molecule has 1 heterocycles. The number of piperidine rings is 1. The van der Waals surface area contributed by atoms with Crippen LogP contribution in [0.4, 0.5) is 0 Å². The van der Waals surface area contributed by atoms with Gasteiger partial charge in [-0.2, -0.15) is 0 Å². The molecule has 0 unspecified atom stereocenters. The number of rotatable bonds is 5. The third-order valence-electron chi connectivity index (χ3n) is 4.99. The maximum Gasteiger partial charge on any atom is 0.329 e. The molecule has 2 N–H and O–H groups in total. The Kier molecular flexibility index (Phi) is 5.67. The van der Waals surface area contributed by atoms with Gasteiger partial charge in [-0.05, 0) is 32.6 Å². The molecule has 23 heavy (non-hydrogen) atoms. The SMILES string of the molecule is CCS(=O)(=O)N1CCC[C@@H](C(=O)NC2(C(=O)O)CCCCC2)C1. The van der Waals surface area contributed by atoms with Crippen LogP contribution in [0.3, 0.4) is 0 Å². The lowest BCUT2D eigenvalue weighted by Gasteiger charge is -2.37. The minimum atomic E-state index is -3.32. The molecule has 2 aliphatic rings. The van der Waals surface area contributed by atoms with Crippen LogP contribution < -0.4 is 5.32 Å². The molecular weight excluding hydrogens is 320 g/mol. The van der Waals surface area contributed by atoms with E-state index in [9.17, 15) is 23.1 Å². The van der Waals surface area contributed by atoms with Gasteiger partial charge in [0.25, 0.3) is 0 Å². The molecule has 0 spiro atoms. The first-order valence-electron chi connectivity index (χ1n) is 8.34. The molecule has 2 rings (SSSR count). The topological polar surface area (TPSA) is 104 Å². The van der Waals surface area contributed by atoms with Crippen LogP contribution in [0.15, 0.2) is 0 Å². The van der Waals surface area contributed by atoms with Crippen molar-refractivity contribution in [1.82, 2.24) is 9.62 Å². The Balaban J connectivity index is 2.06. The average molecular weight is 346 g/mol. The van der Waals surface area contributed by atoms with Gasteiger partial charge in [0.2, 0.25) is 15.9 Å². The molecule has 0 aromatic rings. The van der Waals surface area contributed by atoms with Crippen LogP contribution in [0.5, 0.6) is 0 Å². The van der Waals surface area contributed by atoms with Crippen LogP contribution >= 0.6 is 0 Å². The van der Waals surface area contributed by atoms with Crippen molar-refractivity contribution in [3.63, 3.8) is 0 Å². The highest BCUT2D eigenvalue weighted by atomic mass is 32.2. The van der Waals surface area contributed by atoms with Crippen LogP contribution in [0.1, 0.15) is 51.9 Å². The molecule has 1 aliphatic carbocycles. The number of aliphatic carboxylic acids is 1. The summed E-state index contributed by atoms with van der Waals surface area (Å²) in [6, 6.07) is 0. The van der Waals surface area contributed by atoms with Gasteiger partial charge in [0, 0.05) is 13.1 Å². The molecule has 0 radical (unpaired) electrons. The van der Waals surface area contributed by atoms with Crippen molar-refractivity contribution < 1.29 is 23.1 Å². The van der Waals surface area contributed by atoms with Crippen molar-refractivity contribution >= 4 is 21.9 Å². The highest BCUT2D eigenvalue weighted by Gasteiger charge is 2.43. The van der Waals surface area contributed by atoms with Gasteiger partial charge in [0.1, 0.15) is 5.54 Å². The van der Waals surface area contributed by atoms with Gasteiger partial charge in [0.15, 0.2) is 0 Å². The zero-order valence-electron chi connectivity index (χ0n) is 13.6. The summed E-state index contributed by atoms with van der Waals surface area (Å²) >= 11 is 0. The van der Waals surface area contributed by atoms with Gasteiger partial charge in [-0.3, -0.25) is 4.79 Å². The van der Waals surface area contributed by atoms with Gasteiger partial charge in [-0.15, -0.1) is 0 Å². The number of amides is 1. The molecule has 0 bridgehead atoms. The molecule has 1 saturated heterocycles. The predicted octanol–water partition coefficient (Wildman–Crippen LogP) is 0.952. The molecule has 132 valence electrons. The van der Waals surface area contributed by atoms with Crippen LogP contribution in [0, 0.1) is 5.92 Å². The molecule has 2 fully saturated rings. The summed E-state index contributed by atoms with van der Waals surface area (Å²) in [5.41, 5.74) is -1.18. The maximum atomic E-state index is 12.5. The lowest BCUT2D eigenvalue weighted by Crippen LogP contribution is -2.58. The third-order valence-corrected chi connectivity index (χ3v) is 6.84. The first-order valence-corrected chi connectivity index (χ1v) is 9.95. The van der Waals surface area contributed by atoms with Gasteiger partial charge in [0.05, 0.1) is 11.7 Å². The first kappa shape index (κ1) is 18.2. The molecule has 0 aromatic heterocycles. The predicted molar refractivity (Wildman–Crippen MR) is 85.4 cm³/mol. The number of carbonyl (C=O) groups is 2. The second-order valence-corrected chi connectivity index (χ2v) is 8.79. The van der Waals surface area contributed by atoms with Crippen LogP contribution in [-0.4, -0.2) is 54.1 Å². The van der Waals surface area contributed by atoms with E-state index in [1.807, 2.05) is 0 Å². The lowest BCUT2D eigenvalue weighted by atomic mass is 9.81. The fourth-order valence-corrected chi connectivity index (χ4v) is 4.66. The van der Waals surface area contributed by atoms with E-state index in [1.54, 1.807) is 6.92 Å². The van der Waals surface area contributed by atoms with Gasteiger partial charge in [-0.25, -0.2) is 17.5 Å². The normalized spacial score (nSPS) is 25.7. The standard InChI is InChI=1S/C15H26N2O5S/c1-2-23(21,22)17-10-6-7-12(11-17)13(18)16-15(14(19)20)8-4-3-5-9-15/h12H,2-11H2,1H3,(H,16,18)(H,19,20)/t12-/m1/s1. The summed E-state index contributed by atoms with van der Waals surface area (Å²) in [5, 5.41) is 12.3. The molecule has 1 atom stereocenters. The van der Waals surface area contributed by atoms with Crippen molar-refractivity contribution in [2.75, 3.05) is 18.8 Å². The van der Waals surface area contributed by atoms with Crippen molar-refractivity contribution in [3.05, 3.63) is 0 Å². The second-order valence-electron chi connectivity index (χ2n) is 6.53. The van der Waals surface area contributed by atoms with E-state index in [0.717, 1.165) is 19.3 Å². The van der Waals surface area contributed by atoms with Gasteiger partial charge in [-0.1, -0.05) is 19.3 Å². The average Bonchev–Trinajstić information content (AvgIpc) is 2.55. The number of carboxylic acids is 1. The number of sulfonamides is 1. The summed E-state index contributed by atoms with van der Waals surface area (Å²) < 4.78 is 25.3. The highest BCUT2D eigenvalue weighted by Crippen LogP contribution is 2.30. The molecule has 7 nitrogen and oxygen atoms in total. The molecule has 1 amide bonds. The largest absolute Gasteiger partial charge is 0.480 e. The van der Waals surface area contributed by atoms with Crippen LogP contribution in [0.2, 0.25) is 0 Å². The third kappa shape index (κ3) is 4.03. The number of nitrogens with zero attached hydrogens (tertiary/aromatic N) is 1. The maximum absolute atomic E-state index is 12.5. The summed E-state index contributed by atoms with van der Waals surface area (Å²) in [4.78, 5) is 24.2. The fourth-order valence-electron chi connectivity index (χ4n) is 3.48.